The molecule has 1 aromatic heterocycles. The molecule has 0 bridgehead atoms. The van der Waals surface area contributed by atoms with Gasteiger partial charge in [-0.15, -0.1) is 11.3 Å². The Hall–Kier alpha value is -3.48. The predicted octanol–water partition coefficient (Wildman–Crippen LogP) is 4.80. The van der Waals surface area contributed by atoms with E-state index >= 15 is 0 Å². The highest BCUT2D eigenvalue weighted by Gasteiger charge is 2.32. The SMILES string of the molecule is CCc1nc([C@H](Cc2ccc(NS(=O)(=O)O)cc2)NC(=O)[C@H](Cc2ccccc2)N(C)C(=O)OC(C)(C)C)cs1. The zero-order valence-corrected chi connectivity index (χ0v) is 24.9. The van der Waals surface area contributed by atoms with Gasteiger partial charge in [-0.3, -0.25) is 19.0 Å². The second-order valence-electron chi connectivity index (χ2n) is 10.4. The number of carbonyl (C=O) groups excluding carboxylic acids is 2. The van der Waals surface area contributed by atoms with Crippen molar-refractivity contribution in [1.29, 1.82) is 0 Å². The van der Waals surface area contributed by atoms with Gasteiger partial charge in [0.2, 0.25) is 5.91 Å². The Morgan fingerprint density at radius 3 is 2.23 bits per heavy atom. The summed E-state index contributed by atoms with van der Waals surface area (Å²) in [5, 5.41) is 5.92. The number of anilines is 1. The van der Waals surface area contributed by atoms with Crippen molar-refractivity contribution in [2.24, 2.45) is 0 Å². The zero-order chi connectivity index (χ0) is 29.5. The minimum Gasteiger partial charge on any atom is -0.444 e. The van der Waals surface area contributed by atoms with Crippen molar-refractivity contribution in [3.63, 3.8) is 0 Å². The van der Waals surface area contributed by atoms with E-state index in [1.807, 2.05) is 47.4 Å². The number of ether oxygens (including phenoxy) is 1. The Kier molecular flexibility index (Phi) is 10.3. The van der Waals surface area contributed by atoms with Crippen LogP contribution < -0.4 is 10.0 Å². The number of amides is 2. The maximum atomic E-state index is 13.8. The van der Waals surface area contributed by atoms with Crippen LogP contribution in [0.15, 0.2) is 60.0 Å². The lowest BCUT2D eigenvalue weighted by Crippen LogP contribution is -2.51. The summed E-state index contributed by atoms with van der Waals surface area (Å²) in [6.07, 6.45) is 0.782. The first-order valence-electron chi connectivity index (χ1n) is 12.8. The molecule has 3 aromatic rings. The molecule has 3 N–H and O–H groups in total. The van der Waals surface area contributed by atoms with E-state index in [1.54, 1.807) is 40.0 Å². The molecule has 0 fully saturated rings. The largest absolute Gasteiger partial charge is 0.444 e. The van der Waals surface area contributed by atoms with Crippen LogP contribution in [0.2, 0.25) is 0 Å². The molecule has 3 rings (SSSR count). The lowest BCUT2D eigenvalue weighted by Gasteiger charge is -2.31. The number of hydrogen-bond acceptors (Lipinski definition) is 7. The number of aromatic nitrogens is 1. The van der Waals surface area contributed by atoms with Gasteiger partial charge < -0.3 is 10.1 Å². The fraction of sp³-hybridized carbons (Fsp3) is 0.393. The van der Waals surface area contributed by atoms with E-state index in [2.05, 4.69) is 10.3 Å². The molecule has 40 heavy (non-hydrogen) atoms. The van der Waals surface area contributed by atoms with Gasteiger partial charge in [-0.25, -0.2) is 9.78 Å². The molecule has 12 heteroatoms. The Labute approximate surface area is 239 Å². The standard InChI is InChI=1S/C28H36N4O6S2/c1-6-25-29-23(18-39-25)22(16-20-12-14-21(15-13-20)31-40(35,36)37)30-26(33)24(17-19-10-8-7-9-11-19)32(5)27(34)38-28(2,3)4/h7-15,18,22,24,31H,6,16-17H2,1-5H3,(H,30,33)(H,35,36,37)/t22-,24-/m0/s1. The number of benzene rings is 2. The molecule has 0 saturated heterocycles. The molecule has 2 amide bonds. The summed E-state index contributed by atoms with van der Waals surface area (Å²) in [5.74, 6) is -0.363. The third kappa shape index (κ3) is 9.61. The van der Waals surface area contributed by atoms with Gasteiger partial charge in [-0.2, -0.15) is 8.42 Å². The van der Waals surface area contributed by atoms with Gasteiger partial charge in [0.15, 0.2) is 0 Å². The van der Waals surface area contributed by atoms with Crippen LogP contribution in [0.4, 0.5) is 10.5 Å². The first-order valence-corrected chi connectivity index (χ1v) is 15.1. The summed E-state index contributed by atoms with van der Waals surface area (Å²) in [4.78, 5) is 32.8. The molecule has 0 aliphatic rings. The number of thiazole rings is 1. The van der Waals surface area contributed by atoms with Gasteiger partial charge in [0.05, 0.1) is 22.4 Å². The fourth-order valence-corrected chi connectivity index (χ4v) is 5.17. The van der Waals surface area contributed by atoms with Crippen LogP contribution in [0.1, 0.15) is 55.6 Å². The smallest absolute Gasteiger partial charge is 0.410 e. The number of nitrogens with one attached hydrogen (secondary N) is 2. The minimum absolute atomic E-state index is 0.204. The minimum atomic E-state index is -4.39. The van der Waals surface area contributed by atoms with Crippen LogP contribution in [0.25, 0.3) is 0 Å². The maximum Gasteiger partial charge on any atom is 0.410 e. The van der Waals surface area contributed by atoms with Crippen LogP contribution in [0.5, 0.6) is 0 Å². The van der Waals surface area contributed by atoms with Crippen molar-refractivity contribution >= 4 is 39.3 Å². The average molecular weight is 589 g/mol. The van der Waals surface area contributed by atoms with Gasteiger partial charge in [0, 0.05) is 18.8 Å². The average Bonchev–Trinajstić information content (AvgIpc) is 3.36. The first kappa shape index (κ1) is 31.1. The summed E-state index contributed by atoms with van der Waals surface area (Å²) < 4.78 is 38.8. The van der Waals surface area contributed by atoms with E-state index in [0.29, 0.717) is 12.1 Å². The number of rotatable bonds is 11. The molecular weight excluding hydrogens is 552 g/mol. The quantitative estimate of drug-likeness (QED) is 0.274. The highest BCUT2D eigenvalue weighted by atomic mass is 32.2. The van der Waals surface area contributed by atoms with E-state index in [0.717, 1.165) is 22.6 Å². The van der Waals surface area contributed by atoms with Crippen molar-refractivity contribution < 1.29 is 27.3 Å². The van der Waals surface area contributed by atoms with Crippen molar-refractivity contribution in [1.82, 2.24) is 15.2 Å². The molecule has 0 saturated carbocycles. The predicted molar refractivity (Wildman–Crippen MR) is 156 cm³/mol. The zero-order valence-electron chi connectivity index (χ0n) is 23.2. The molecule has 0 spiro atoms. The highest BCUT2D eigenvalue weighted by molar-refractivity contribution is 7.87. The number of likely N-dealkylation sites (N-methyl/N-ethyl adjacent to an activating group) is 1. The van der Waals surface area contributed by atoms with Crippen LogP contribution in [0.3, 0.4) is 0 Å². The lowest BCUT2D eigenvalue weighted by atomic mass is 10.0. The van der Waals surface area contributed by atoms with Crippen molar-refractivity contribution in [2.45, 2.75) is 64.6 Å². The molecule has 0 radical (unpaired) electrons. The lowest BCUT2D eigenvalue weighted by molar-refractivity contribution is -0.126. The molecule has 216 valence electrons. The Morgan fingerprint density at radius 2 is 1.68 bits per heavy atom. The van der Waals surface area contributed by atoms with Crippen LogP contribution in [-0.2, 0) is 39.1 Å². The molecular formula is C28H36N4O6S2. The summed E-state index contributed by atoms with van der Waals surface area (Å²) in [6.45, 7) is 7.31. The topological polar surface area (TPSA) is 138 Å². The van der Waals surface area contributed by atoms with Crippen LogP contribution in [0, 0.1) is 0 Å². The molecule has 0 aliphatic carbocycles. The normalized spacial score (nSPS) is 13.2. The Morgan fingerprint density at radius 1 is 1.05 bits per heavy atom. The molecule has 2 atom stereocenters. The van der Waals surface area contributed by atoms with E-state index < -0.39 is 34.1 Å². The first-order chi connectivity index (χ1) is 18.7. The van der Waals surface area contributed by atoms with Gasteiger partial charge in [0.25, 0.3) is 0 Å². The monoisotopic (exact) mass is 588 g/mol. The highest BCUT2D eigenvalue weighted by Crippen LogP contribution is 2.24. The fourth-order valence-electron chi connectivity index (χ4n) is 3.94. The van der Waals surface area contributed by atoms with Crippen LogP contribution in [-0.4, -0.2) is 53.5 Å². The third-order valence-electron chi connectivity index (χ3n) is 5.91. The summed E-state index contributed by atoms with van der Waals surface area (Å²) >= 11 is 1.50. The number of nitrogens with zero attached hydrogens (tertiary/aromatic N) is 2. The second kappa shape index (κ2) is 13.2. The van der Waals surface area contributed by atoms with Gasteiger partial charge in [-0.05, 0) is 56.9 Å². The van der Waals surface area contributed by atoms with Crippen molar-refractivity contribution in [3.05, 3.63) is 81.8 Å². The second-order valence-corrected chi connectivity index (χ2v) is 12.5. The number of carbonyl (C=O) groups is 2. The molecule has 0 aliphatic heterocycles. The molecule has 0 unspecified atom stereocenters. The van der Waals surface area contributed by atoms with Gasteiger partial charge in [-0.1, -0.05) is 49.4 Å². The van der Waals surface area contributed by atoms with Crippen molar-refractivity contribution in [2.75, 3.05) is 11.8 Å². The molecule has 1 heterocycles. The third-order valence-corrected chi connectivity index (χ3v) is 7.41. The Bertz CT molecular complexity index is 1390. The summed E-state index contributed by atoms with van der Waals surface area (Å²) in [6, 6.07) is 14.5. The van der Waals surface area contributed by atoms with Crippen LogP contribution >= 0.6 is 11.3 Å². The van der Waals surface area contributed by atoms with Gasteiger partial charge in [0.1, 0.15) is 11.6 Å². The Balaban J connectivity index is 1.89. The summed E-state index contributed by atoms with van der Waals surface area (Å²) in [7, 11) is -2.84. The molecule has 2 aromatic carbocycles. The van der Waals surface area contributed by atoms with Gasteiger partial charge >= 0.3 is 16.4 Å². The van der Waals surface area contributed by atoms with Crippen molar-refractivity contribution in [3.8, 4) is 0 Å². The van der Waals surface area contributed by atoms with E-state index in [9.17, 15) is 18.0 Å². The van der Waals surface area contributed by atoms with E-state index in [-0.39, 0.29) is 18.0 Å². The molecule has 10 nitrogen and oxygen atoms in total. The maximum absolute atomic E-state index is 13.8. The number of hydrogen-bond donors (Lipinski definition) is 3. The van der Waals surface area contributed by atoms with E-state index in [4.69, 9.17) is 9.29 Å². The number of aryl methyl sites for hydroxylation is 1. The summed E-state index contributed by atoms with van der Waals surface area (Å²) in [5.41, 5.74) is 1.86. The van der Waals surface area contributed by atoms with E-state index in [1.165, 1.54) is 28.4 Å².